The molecule has 1 saturated carbocycles. The number of piperidine rings is 2. The molecular formula is C42H46N6O6. The summed E-state index contributed by atoms with van der Waals surface area (Å²) in [6.45, 7) is 6.97. The van der Waals surface area contributed by atoms with E-state index in [1.54, 1.807) is 21.9 Å². The summed E-state index contributed by atoms with van der Waals surface area (Å²) < 4.78 is 14.0. The van der Waals surface area contributed by atoms with E-state index in [9.17, 15) is 19.2 Å². The van der Waals surface area contributed by atoms with Gasteiger partial charge in [-0.3, -0.25) is 29.1 Å². The van der Waals surface area contributed by atoms with Gasteiger partial charge < -0.3 is 24.2 Å². The first-order valence-electron chi connectivity index (χ1n) is 19.4. The van der Waals surface area contributed by atoms with Crippen LogP contribution in [0.1, 0.15) is 74.2 Å². The van der Waals surface area contributed by atoms with Crippen LogP contribution in [-0.4, -0.2) is 83.2 Å². The molecule has 0 bridgehead atoms. The molecule has 4 fully saturated rings. The standard InChI is InChI=1S/C42H46N6O6/c1-2-3-18-53-32-9-11-36-35(20-32)41(52)48(26-43-36)29-6-4-28(5-7-29)45-16-14-31(15-17-45)54-33-21-42(22-33)24-46(25-42)30-8-10-34-27(19-30)23-47(40(34)51)37-12-13-38(49)44-39(37)50/h4-11,19-20,26,31,33,37H,2-3,12-18,21-25H2,1H3,(H,44,49,50). The van der Waals surface area contributed by atoms with Gasteiger partial charge in [-0.15, -0.1) is 0 Å². The topological polar surface area (TPSA) is 126 Å². The summed E-state index contributed by atoms with van der Waals surface area (Å²) in [5.74, 6) is -0.100. The molecule has 3 aromatic carbocycles. The van der Waals surface area contributed by atoms with Gasteiger partial charge in [0.2, 0.25) is 11.8 Å². The van der Waals surface area contributed by atoms with Crippen LogP contribution in [0.3, 0.4) is 0 Å². The van der Waals surface area contributed by atoms with Crippen LogP contribution in [-0.2, 0) is 20.9 Å². The van der Waals surface area contributed by atoms with Crippen LogP contribution in [0, 0.1) is 5.41 Å². The van der Waals surface area contributed by atoms with E-state index >= 15 is 0 Å². The number of imide groups is 1. The molecule has 54 heavy (non-hydrogen) atoms. The van der Waals surface area contributed by atoms with Crippen molar-refractivity contribution < 1.29 is 23.9 Å². The molecule has 4 aliphatic heterocycles. The number of fused-ring (bicyclic) bond motifs is 2. The summed E-state index contributed by atoms with van der Waals surface area (Å²) in [6, 6.07) is 19.1. The molecule has 1 unspecified atom stereocenters. The Kier molecular flexibility index (Phi) is 8.88. The van der Waals surface area contributed by atoms with E-state index in [4.69, 9.17) is 9.47 Å². The minimum Gasteiger partial charge on any atom is -0.494 e. The number of benzene rings is 3. The lowest BCUT2D eigenvalue weighted by atomic mass is 9.61. The molecule has 0 radical (unpaired) electrons. The largest absolute Gasteiger partial charge is 0.494 e. The highest BCUT2D eigenvalue weighted by molar-refractivity contribution is 6.05. The Morgan fingerprint density at radius 1 is 0.852 bits per heavy atom. The van der Waals surface area contributed by atoms with Crippen molar-refractivity contribution in [3.05, 3.63) is 88.5 Å². The third kappa shape index (κ3) is 6.40. The SMILES string of the molecule is CCCCOc1ccc2ncn(-c3ccc(N4CCC(OC5CC6(C5)CN(c5ccc7c(c5)CN(C5CCC(=O)NC5=O)C7=O)C6)CC4)cc3)c(=O)c2c1. The second kappa shape index (κ2) is 13.9. The Labute approximate surface area is 314 Å². The molecule has 280 valence electrons. The summed E-state index contributed by atoms with van der Waals surface area (Å²) in [4.78, 5) is 61.4. The Bertz CT molecular complexity index is 2160. The van der Waals surface area contributed by atoms with Gasteiger partial charge in [0.15, 0.2) is 0 Å². The Morgan fingerprint density at radius 2 is 1.61 bits per heavy atom. The highest BCUT2D eigenvalue weighted by Gasteiger charge is 2.53. The molecule has 9 rings (SSSR count). The molecule has 1 aliphatic carbocycles. The van der Waals surface area contributed by atoms with E-state index in [-0.39, 0.29) is 35.8 Å². The number of carbonyl (C=O) groups excluding carboxylic acids is 3. The van der Waals surface area contributed by atoms with E-state index < -0.39 is 6.04 Å². The average molecular weight is 731 g/mol. The number of anilines is 2. The number of hydrogen-bond donors (Lipinski definition) is 1. The summed E-state index contributed by atoms with van der Waals surface area (Å²) in [6.07, 6.45) is 8.93. The van der Waals surface area contributed by atoms with Gasteiger partial charge >= 0.3 is 0 Å². The number of amides is 3. The fraction of sp³-hybridized carbons (Fsp3) is 0.452. The third-order valence-electron chi connectivity index (χ3n) is 12.1. The van der Waals surface area contributed by atoms with Crippen LogP contribution in [0.15, 0.2) is 71.8 Å². The van der Waals surface area contributed by atoms with Crippen LogP contribution in [0.2, 0.25) is 0 Å². The molecule has 4 aromatic rings. The number of nitrogens with zero attached hydrogens (tertiary/aromatic N) is 5. The van der Waals surface area contributed by atoms with Crippen molar-refractivity contribution in [3.8, 4) is 11.4 Å². The van der Waals surface area contributed by atoms with Gasteiger partial charge in [0.25, 0.3) is 11.5 Å². The molecule has 1 atom stereocenters. The summed E-state index contributed by atoms with van der Waals surface area (Å²) in [7, 11) is 0. The second-order valence-corrected chi connectivity index (χ2v) is 15.8. The van der Waals surface area contributed by atoms with Gasteiger partial charge in [-0.25, -0.2) is 4.98 Å². The zero-order valence-electron chi connectivity index (χ0n) is 30.7. The van der Waals surface area contributed by atoms with Crippen LogP contribution in [0.25, 0.3) is 16.6 Å². The fourth-order valence-corrected chi connectivity index (χ4v) is 9.02. The predicted octanol–water partition coefficient (Wildman–Crippen LogP) is 4.98. The van der Waals surface area contributed by atoms with Gasteiger partial charge in [0.1, 0.15) is 18.1 Å². The number of unbranched alkanes of at least 4 members (excludes halogenated alkanes) is 1. The highest BCUT2D eigenvalue weighted by Crippen LogP contribution is 2.51. The maximum atomic E-state index is 13.4. The normalized spacial score (nSPS) is 21.3. The number of hydrogen-bond acceptors (Lipinski definition) is 9. The van der Waals surface area contributed by atoms with Crippen molar-refractivity contribution in [2.24, 2.45) is 5.41 Å². The highest BCUT2D eigenvalue weighted by atomic mass is 16.5. The molecule has 3 saturated heterocycles. The number of rotatable bonds is 10. The second-order valence-electron chi connectivity index (χ2n) is 15.8. The molecule has 5 heterocycles. The third-order valence-corrected chi connectivity index (χ3v) is 12.1. The van der Waals surface area contributed by atoms with Gasteiger partial charge in [0, 0.05) is 61.5 Å². The van der Waals surface area contributed by atoms with E-state index in [0.29, 0.717) is 53.3 Å². The van der Waals surface area contributed by atoms with Crippen molar-refractivity contribution in [2.45, 2.75) is 83.1 Å². The molecule has 1 spiro atoms. The van der Waals surface area contributed by atoms with E-state index in [0.717, 1.165) is 87.3 Å². The van der Waals surface area contributed by atoms with Crippen LogP contribution >= 0.6 is 0 Å². The number of nitrogens with one attached hydrogen (secondary N) is 1. The smallest absolute Gasteiger partial charge is 0.265 e. The van der Waals surface area contributed by atoms with Crippen LogP contribution in [0.5, 0.6) is 5.75 Å². The van der Waals surface area contributed by atoms with Gasteiger partial charge in [-0.05, 0) is 105 Å². The zero-order valence-corrected chi connectivity index (χ0v) is 30.7. The van der Waals surface area contributed by atoms with Gasteiger partial charge in [-0.1, -0.05) is 13.3 Å². The lowest BCUT2D eigenvalue weighted by molar-refractivity contribution is -0.137. The van der Waals surface area contributed by atoms with Crippen LogP contribution in [0.4, 0.5) is 11.4 Å². The molecule has 12 nitrogen and oxygen atoms in total. The van der Waals surface area contributed by atoms with E-state index in [1.807, 2.05) is 36.4 Å². The lowest BCUT2D eigenvalue weighted by Gasteiger charge is -2.60. The maximum Gasteiger partial charge on any atom is 0.265 e. The number of ether oxygens (including phenoxy) is 2. The summed E-state index contributed by atoms with van der Waals surface area (Å²) >= 11 is 0. The van der Waals surface area contributed by atoms with E-state index in [2.05, 4.69) is 45.2 Å². The number of aromatic nitrogens is 2. The molecule has 3 amide bonds. The fourth-order valence-electron chi connectivity index (χ4n) is 9.02. The van der Waals surface area contributed by atoms with Crippen molar-refractivity contribution in [1.29, 1.82) is 0 Å². The molecular weight excluding hydrogens is 684 g/mol. The quantitative estimate of drug-likeness (QED) is 0.178. The zero-order chi connectivity index (χ0) is 37.0. The summed E-state index contributed by atoms with van der Waals surface area (Å²) in [5, 5.41) is 2.92. The van der Waals surface area contributed by atoms with E-state index in [1.165, 1.54) is 0 Å². The van der Waals surface area contributed by atoms with Crippen molar-refractivity contribution in [2.75, 3.05) is 42.6 Å². The first kappa shape index (κ1) is 34.5. The monoisotopic (exact) mass is 730 g/mol. The minimum atomic E-state index is -0.595. The average Bonchev–Trinajstić information content (AvgIpc) is 3.47. The van der Waals surface area contributed by atoms with Crippen molar-refractivity contribution in [1.82, 2.24) is 19.8 Å². The van der Waals surface area contributed by atoms with Crippen molar-refractivity contribution >= 4 is 40.0 Å². The number of carbonyl (C=O) groups is 3. The molecule has 1 aromatic heterocycles. The lowest BCUT2D eigenvalue weighted by Crippen LogP contribution is -2.64. The summed E-state index contributed by atoms with van der Waals surface area (Å²) in [5.41, 5.74) is 5.48. The van der Waals surface area contributed by atoms with Crippen molar-refractivity contribution in [3.63, 3.8) is 0 Å². The van der Waals surface area contributed by atoms with Gasteiger partial charge in [0.05, 0.1) is 35.4 Å². The maximum absolute atomic E-state index is 13.4. The van der Waals surface area contributed by atoms with Gasteiger partial charge in [-0.2, -0.15) is 0 Å². The van der Waals surface area contributed by atoms with Crippen LogP contribution < -0.4 is 25.4 Å². The molecule has 1 N–H and O–H groups in total. The Hall–Kier alpha value is -5.23. The Morgan fingerprint density at radius 3 is 2.37 bits per heavy atom. The first-order chi connectivity index (χ1) is 26.3. The molecule has 12 heteroatoms. The molecule has 5 aliphatic rings. The minimum absolute atomic E-state index is 0.111. The Balaban J connectivity index is 0.740. The first-order valence-corrected chi connectivity index (χ1v) is 19.4. The predicted molar refractivity (Wildman–Crippen MR) is 204 cm³/mol.